The van der Waals surface area contributed by atoms with Crippen LogP contribution >= 0.6 is 15.9 Å². The highest BCUT2D eigenvalue weighted by molar-refractivity contribution is 9.10. The van der Waals surface area contributed by atoms with E-state index in [4.69, 9.17) is 5.73 Å². The average molecular weight is 284 g/mol. The Bertz CT molecular complexity index is 500. The molecule has 0 fully saturated rings. The monoisotopic (exact) mass is 283 g/mol. The van der Waals surface area contributed by atoms with Crippen molar-refractivity contribution < 1.29 is 8.78 Å². The number of halogens is 3. The third-order valence-electron chi connectivity index (χ3n) is 2.26. The van der Waals surface area contributed by atoms with Gasteiger partial charge in [-0.25, -0.2) is 8.78 Å². The highest BCUT2D eigenvalue weighted by Gasteiger charge is 2.08. The molecule has 0 saturated carbocycles. The zero-order chi connectivity index (χ0) is 11.7. The first-order valence-corrected chi connectivity index (χ1v) is 5.37. The van der Waals surface area contributed by atoms with E-state index >= 15 is 0 Å². The van der Waals surface area contributed by atoms with Crippen molar-refractivity contribution in [1.29, 1.82) is 0 Å². The summed E-state index contributed by atoms with van der Waals surface area (Å²) in [6, 6.07) is 9.61. The van der Waals surface area contributed by atoms with E-state index in [9.17, 15) is 8.78 Å². The van der Waals surface area contributed by atoms with Gasteiger partial charge in [-0.15, -0.1) is 0 Å². The lowest BCUT2D eigenvalue weighted by Gasteiger charge is -2.05. The van der Waals surface area contributed by atoms with Gasteiger partial charge in [0.1, 0.15) is 17.3 Å². The van der Waals surface area contributed by atoms with Crippen LogP contribution in [0.5, 0.6) is 0 Å². The van der Waals surface area contributed by atoms with Gasteiger partial charge in [-0.05, 0) is 35.4 Å². The fourth-order valence-electron chi connectivity index (χ4n) is 1.39. The Morgan fingerprint density at radius 3 is 1.88 bits per heavy atom. The minimum atomic E-state index is -0.738. The summed E-state index contributed by atoms with van der Waals surface area (Å²) in [5, 5.41) is 0. The molecule has 0 saturated heterocycles. The van der Waals surface area contributed by atoms with E-state index in [-0.39, 0.29) is 0 Å². The van der Waals surface area contributed by atoms with Crippen LogP contribution in [0.4, 0.5) is 14.5 Å². The van der Waals surface area contributed by atoms with E-state index in [0.29, 0.717) is 5.56 Å². The minimum absolute atomic E-state index is 0.444. The van der Waals surface area contributed by atoms with Gasteiger partial charge in [0.15, 0.2) is 0 Å². The summed E-state index contributed by atoms with van der Waals surface area (Å²) in [5.74, 6) is -1.48. The highest BCUT2D eigenvalue weighted by Crippen LogP contribution is 2.26. The molecule has 0 amide bonds. The molecule has 0 unspecified atom stereocenters. The van der Waals surface area contributed by atoms with Crippen molar-refractivity contribution in [2.75, 3.05) is 5.73 Å². The molecule has 82 valence electrons. The summed E-state index contributed by atoms with van der Waals surface area (Å²) in [4.78, 5) is 0. The van der Waals surface area contributed by atoms with Crippen LogP contribution in [0.3, 0.4) is 0 Å². The van der Waals surface area contributed by atoms with E-state index in [1.165, 1.54) is 12.1 Å². The molecular weight excluding hydrogens is 276 g/mol. The minimum Gasteiger partial charge on any atom is -0.394 e. The summed E-state index contributed by atoms with van der Waals surface area (Å²) in [6.45, 7) is 0. The average Bonchev–Trinajstić information content (AvgIpc) is 2.26. The third-order valence-corrected chi connectivity index (χ3v) is 2.79. The summed E-state index contributed by atoms with van der Waals surface area (Å²) in [7, 11) is 0. The normalized spacial score (nSPS) is 10.4. The quantitative estimate of drug-likeness (QED) is 0.788. The molecule has 2 N–H and O–H groups in total. The number of nitrogens with two attached hydrogens (primary N) is 1. The van der Waals surface area contributed by atoms with Crippen molar-refractivity contribution in [2.24, 2.45) is 0 Å². The highest BCUT2D eigenvalue weighted by atomic mass is 79.9. The Labute approximate surface area is 100 Å². The Hall–Kier alpha value is -1.42. The molecule has 0 bridgehead atoms. The van der Waals surface area contributed by atoms with Crippen molar-refractivity contribution in [3.8, 4) is 11.1 Å². The van der Waals surface area contributed by atoms with Crippen molar-refractivity contribution >= 4 is 21.6 Å². The largest absolute Gasteiger partial charge is 0.394 e. The van der Waals surface area contributed by atoms with Crippen LogP contribution in [0, 0.1) is 11.6 Å². The SMILES string of the molecule is Nc1c(F)cc(-c2ccc(Br)cc2)cc1F. The molecule has 16 heavy (non-hydrogen) atoms. The molecule has 2 aromatic carbocycles. The van der Waals surface area contributed by atoms with Crippen molar-refractivity contribution in [2.45, 2.75) is 0 Å². The zero-order valence-electron chi connectivity index (χ0n) is 8.18. The predicted octanol–water partition coefficient (Wildman–Crippen LogP) is 3.98. The van der Waals surface area contributed by atoms with Crippen LogP contribution in [-0.4, -0.2) is 0 Å². The fourth-order valence-corrected chi connectivity index (χ4v) is 1.66. The molecule has 2 rings (SSSR count). The predicted molar refractivity (Wildman–Crippen MR) is 63.9 cm³/mol. The number of hydrogen-bond acceptors (Lipinski definition) is 1. The van der Waals surface area contributed by atoms with E-state index in [0.717, 1.165) is 10.0 Å². The Morgan fingerprint density at radius 2 is 1.38 bits per heavy atom. The lowest BCUT2D eigenvalue weighted by atomic mass is 10.1. The van der Waals surface area contributed by atoms with Crippen LogP contribution in [0.1, 0.15) is 0 Å². The van der Waals surface area contributed by atoms with Gasteiger partial charge in [-0.3, -0.25) is 0 Å². The van der Waals surface area contributed by atoms with Gasteiger partial charge < -0.3 is 5.73 Å². The van der Waals surface area contributed by atoms with E-state index in [1.807, 2.05) is 12.1 Å². The Morgan fingerprint density at radius 1 is 0.875 bits per heavy atom. The second-order valence-corrected chi connectivity index (χ2v) is 4.28. The second kappa shape index (κ2) is 4.22. The molecular formula is C12H8BrF2N. The molecule has 1 nitrogen and oxygen atoms in total. The number of rotatable bonds is 1. The molecule has 0 radical (unpaired) electrons. The number of anilines is 1. The Balaban J connectivity index is 2.52. The van der Waals surface area contributed by atoms with Crippen LogP contribution in [-0.2, 0) is 0 Å². The first-order valence-electron chi connectivity index (χ1n) is 4.58. The van der Waals surface area contributed by atoms with Gasteiger partial charge >= 0.3 is 0 Å². The smallest absolute Gasteiger partial charge is 0.149 e. The molecule has 0 aliphatic heterocycles. The molecule has 0 aromatic heterocycles. The van der Waals surface area contributed by atoms with E-state index in [1.54, 1.807) is 12.1 Å². The summed E-state index contributed by atoms with van der Waals surface area (Å²) >= 11 is 3.29. The maximum atomic E-state index is 13.2. The summed E-state index contributed by atoms with van der Waals surface area (Å²) < 4.78 is 27.4. The van der Waals surface area contributed by atoms with Crippen LogP contribution in [0.15, 0.2) is 40.9 Å². The van der Waals surface area contributed by atoms with E-state index in [2.05, 4.69) is 15.9 Å². The number of benzene rings is 2. The van der Waals surface area contributed by atoms with Crippen LogP contribution < -0.4 is 5.73 Å². The lowest BCUT2D eigenvalue weighted by molar-refractivity contribution is 0.592. The third kappa shape index (κ3) is 2.07. The topological polar surface area (TPSA) is 26.0 Å². The van der Waals surface area contributed by atoms with Gasteiger partial charge in [0.05, 0.1) is 0 Å². The van der Waals surface area contributed by atoms with Gasteiger partial charge in [0.2, 0.25) is 0 Å². The summed E-state index contributed by atoms with van der Waals surface area (Å²) in [5.41, 5.74) is 5.96. The first-order chi connectivity index (χ1) is 7.58. The van der Waals surface area contributed by atoms with Crippen LogP contribution in [0.2, 0.25) is 0 Å². The molecule has 0 aliphatic carbocycles. The fraction of sp³-hybridized carbons (Fsp3) is 0. The molecule has 2 aromatic rings. The standard InChI is InChI=1S/C12H8BrF2N/c13-9-3-1-7(2-4-9)8-5-10(14)12(16)11(15)6-8/h1-6H,16H2. The first kappa shape index (κ1) is 11.1. The second-order valence-electron chi connectivity index (χ2n) is 3.36. The van der Waals surface area contributed by atoms with Gasteiger partial charge in [-0.1, -0.05) is 28.1 Å². The van der Waals surface area contributed by atoms with Gasteiger partial charge in [-0.2, -0.15) is 0 Å². The lowest BCUT2D eigenvalue weighted by Crippen LogP contribution is -1.95. The van der Waals surface area contributed by atoms with Crippen molar-refractivity contribution in [3.63, 3.8) is 0 Å². The molecule has 0 heterocycles. The van der Waals surface area contributed by atoms with Gasteiger partial charge in [0.25, 0.3) is 0 Å². The molecule has 0 spiro atoms. The Kier molecular flexibility index (Phi) is 2.92. The summed E-state index contributed by atoms with van der Waals surface area (Å²) in [6.07, 6.45) is 0. The maximum Gasteiger partial charge on any atom is 0.149 e. The number of hydrogen-bond donors (Lipinski definition) is 1. The maximum absolute atomic E-state index is 13.2. The molecule has 0 aliphatic rings. The van der Waals surface area contributed by atoms with Crippen molar-refractivity contribution in [3.05, 3.63) is 52.5 Å². The van der Waals surface area contributed by atoms with E-state index < -0.39 is 17.3 Å². The van der Waals surface area contributed by atoms with Crippen LogP contribution in [0.25, 0.3) is 11.1 Å². The zero-order valence-corrected chi connectivity index (χ0v) is 9.76. The molecule has 0 atom stereocenters. The van der Waals surface area contributed by atoms with Gasteiger partial charge in [0, 0.05) is 4.47 Å². The molecule has 4 heteroatoms. The van der Waals surface area contributed by atoms with Crippen molar-refractivity contribution in [1.82, 2.24) is 0 Å². The number of nitrogen functional groups attached to an aromatic ring is 1.